The second-order valence-corrected chi connectivity index (χ2v) is 14.7. The summed E-state index contributed by atoms with van der Waals surface area (Å²) in [5, 5.41) is 9.46. The second kappa shape index (κ2) is 15.4. The lowest BCUT2D eigenvalue weighted by molar-refractivity contribution is -0.141. The van der Waals surface area contributed by atoms with Crippen LogP contribution in [0.5, 0.6) is 0 Å². The number of aromatic nitrogens is 1. The maximum absolute atomic E-state index is 13.8. The van der Waals surface area contributed by atoms with Gasteiger partial charge in [0.05, 0.1) is 27.1 Å². The van der Waals surface area contributed by atoms with Gasteiger partial charge in [-0.25, -0.2) is 27.7 Å². The molecule has 2 atom stereocenters. The van der Waals surface area contributed by atoms with Gasteiger partial charge < -0.3 is 25.9 Å². The molecule has 13 nitrogen and oxygen atoms in total. The molecule has 3 aromatic carbocycles. The van der Waals surface area contributed by atoms with Crippen molar-refractivity contribution < 1.29 is 32.4 Å². The fourth-order valence-electron chi connectivity index (χ4n) is 4.38. The lowest BCUT2D eigenvalue weighted by Crippen LogP contribution is -2.37. The predicted molar refractivity (Wildman–Crippen MR) is 184 cm³/mol. The van der Waals surface area contributed by atoms with E-state index in [0.29, 0.717) is 10.6 Å². The number of fused-ring (bicyclic) bond motifs is 1. The first-order valence-electron chi connectivity index (χ1n) is 15.0. The summed E-state index contributed by atoms with van der Waals surface area (Å²) < 4.78 is 36.5. The smallest absolute Gasteiger partial charge is 0.407 e. The summed E-state index contributed by atoms with van der Waals surface area (Å²) in [7, 11) is -4.14. The Bertz CT molecular complexity index is 1900. The molecule has 48 heavy (non-hydrogen) atoms. The Morgan fingerprint density at radius 2 is 1.75 bits per heavy atom. The zero-order valence-corrected chi connectivity index (χ0v) is 28.8. The summed E-state index contributed by atoms with van der Waals surface area (Å²) >= 11 is 1.37. The van der Waals surface area contributed by atoms with Crippen LogP contribution >= 0.6 is 11.3 Å². The summed E-state index contributed by atoms with van der Waals surface area (Å²) in [6.07, 6.45) is -0.443. The number of carbonyl (C=O) groups is 3. The van der Waals surface area contributed by atoms with E-state index in [2.05, 4.69) is 25.3 Å². The molecule has 0 fully saturated rings. The van der Waals surface area contributed by atoms with Crippen LogP contribution in [0, 0.1) is 5.92 Å². The van der Waals surface area contributed by atoms with E-state index in [9.17, 15) is 22.8 Å². The fourth-order valence-corrected chi connectivity index (χ4v) is 6.72. The molecular weight excluding hydrogens is 657 g/mol. The van der Waals surface area contributed by atoms with Gasteiger partial charge in [0.2, 0.25) is 15.9 Å². The van der Waals surface area contributed by atoms with Crippen LogP contribution in [-0.4, -0.2) is 49.4 Å². The molecule has 0 saturated heterocycles. The average Bonchev–Trinajstić information content (AvgIpc) is 3.46. The van der Waals surface area contributed by atoms with E-state index < -0.39 is 45.6 Å². The molecule has 2 unspecified atom stereocenters. The van der Waals surface area contributed by atoms with Crippen molar-refractivity contribution in [2.75, 3.05) is 11.9 Å². The Kier molecular flexibility index (Phi) is 11.5. The molecular formula is C33H38N6O7S2. The maximum atomic E-state index is 13.8. The van der Waals surface area contributed by atoms with E-state index in [1.165, 1.54) is 36.5 Å². The highest BCUT2D eigenvalue weighted by molar-refractivity contribution is 7.89. The number of oxime groups is 1. The minimum absolute atomic E-state index is 0.0158. The quantitative estimate of drug-likeness (QED) is 0.0695. The molecule has 4 rings (SSSR count). The molecule has 1 heterocycles. The monoisotopic (exact) mass is 694 g/mol. The summed E-state index contributed by atoms with van der Waals surface area (Å²) in [5.74, 6) is -1.69. The number of alkyl carbamates (subject to hydrolysis) is 1. The van der Waals surface area contributed by atoms with Gasteiger partial charge in [0.1, 0.15) is 10.6 Å². The van der Waals surface area contributed by atoms with Crippen molar-refractivity contribution in [3.8, 4) is 0 Å². The number of rotatable bonds is 12. The van der Waals surface area contributed by atoms with Crippen molar-refractivity contribution in [2.45, 2.75) is 57.6 Å². The van der Waals surface area contributed by atoms with Crippen LogP contribution in [0.3, 0.4) is 0 Å². The number of hydrogen-bond donors (Lipinski definition) is 4. The zero-order chi connectivity index (χ0) is 35.1. The predicted octanol–water partition coefficient (Wildman–Crippen LogP) is 4.84. The number of carbonyl (C=O) groups excluding carboxylic acids is 3. The topological polar surface area (TPSA) is 191 Å². The highest BCUT2D eigenvalue weighted by Gasteiger charge is 2.26. The third-order valence-corrected chi connectivity index (χ3v) is 9.27. The maximum Gasteiger partial charge on any atom is 0.407 e. The largest absolute Gasteiger partial charge is 0.444 e. The van der Waals surface area contributed by atoms with Crippen LogP contribution in [0.4, 0.5) is 10.5 Å². The van der Waals surface area contributed by atoms with Crippen LogP contribution < -0.4 is 21.1 Å². The first kappa shape index (κ1) is 36.0. The van der Waals surface area contributed by atoms with Gasteiger partial charge in [-0.05, 0) is 69.2 Å². The minimum atomic E-state index is -4.14. The van der Waals surface area contributed by atoms with E-state index in [1.54, 1.807) is 52.0 Å². The van der Waals surface area contributed by atoms with Crippen LogP contribution in [0.1, 0.15) is 56.8 Å². The number of thiazole rings is 1. The first-order chi connectivity index (χ1) is 22.6. The van der Waals surface area contributed by atoms with Crippen LogP contribution in [0.25, 0.3) is 10.2 Å². The number of hydrogen-bond acceptors (Lipinski definition) is 10. The fraction of sp³-hybridized carbons (Fsp3) is 0.303. The molecule has 0 aliphatic rings. The van der Waals surface area contributed by atoms with Gasteiger partial charge >= 0.3 is 12.1 Å². The lowest BCUT2D eigenvalue weighted by atomic mass is 10.0. The standard InChI is InChI=1S/C33H38N6O7S2/c1-20(19-35-32(42)45-33(3,4)5)30(41)36-24-12-9-13-25(18-24)48(43,44)39-27(31-37-26-14-6-7-15-28(26)47-31)17-22-10-8-11-23(16-22)29(34)38-46-21(2)40/h6-16,18,20,27,39H,17,19H2,1-5H3,(H2,34,38)(H,35,42)(H,36,41). The van der Waals surface area contributed by atoms with Crippen molar-refractivity contribution in [1.29, 1.82) is 0 Å². The summed E-state index contributed by atoms with van der Waals surface area (Å²) in [6, 6.07) is 19.6. The summed E-state index contributed by atoms with van der Waals surface area (Å²) in [5.41, 5.74) is 7.51. The van der Waals surface area contributed by atoms with E-state index in [-0.39, 0.29) is 29.4 Å². The normalized spacial score (nSPS) is 13.4. The number of sulfonamides is 1. The number of nitrogens with one attached hydrogen (secondary N) is 3. The van der Waals surface area contributed by atoms with E-state index >= 15 is 0 Å². The third-order valence-electron chi connectivity index (χ3n) is 6.65. The molecule has 0 spiro atoms. The van der Waals surface area contributed by atoms with Crippen LogP contribution in [0.2, 0.25) is 0 Å². The highest BCUT2D eigenvalue weighted by atomic mass is 32.2. The van der Waals surface area contributed by atoms with E-state index in [4.69, 9.17) is 15.5 Å². The number of benzene rings is 3. The number of nitrogens with two attached hydrogens (primary N) is 1. The molecule has 15 heteroatoms. The third kappa shape index (κ3) is 10.3. The minimum Gasteiger partial charge on any atom is -0.444 e. The number of amides is 2. The molecule has 1 aromatic heterocycles. The molecule has 4 aromatic rings. The second-order valence-electron chi connectivity index (χ2n) is 12.0. The van der Waals surface area contributed by atoms with Gasteiger partial charge in [0, 0.05) is 24.7 Å². The lowest BCUT2D eigenvalue weighted by Gasteiger charge is -2.20. The molecule has 0 radical (unpaired) electrons. The SMILES string of the molecule is CC(=O)ON=C(N)c1cccc(CC(NS(=O)(=O)c2cccc(NC(=O)C(C)CNC(=O)OC(C)(C)C)c2)c2nc3ccccc3s2)c1. The number of ether oxygens (including phenoxy) is 1. The van der Waals surface area contributed by atoms with E-state index in [0.717, 1.165) is 15.8 Å². The first-order valence-corrected chi connectivity index (χ1v) is 17.3. The van der Waals surface area contributed by atoms with Crippen molar-refractivity contribution in [3.63, 3.8) is 0 Å². The molecule has 0 aliphatic carbocycles. The van der Waals surface area contributed by atoms with Gasteiger partial charge in [-0.2, -0.15) is 0 Å². The molecule has 254 valence electrons. The van der Waals surface area contributed by atoms with Gasteiger partial charge in [-0.1, -0.05) is 48.5 Å². The van der Waals surface area contributed by atoms with Gasteiger partial charge in [0.15, 0.2) is 5.84 Å². The average molecular weight is 695 g/mol. The Labute approximate surface area is 283 Å². The highest BCUT2D eigenvalue weighted by Crippen LogP contribution is 2.30. The van der Waals surface area contributed by atoms with Gasteiger partial charge in [-0.3, -0.25) is 4.79 Å². The van der Waals surface area contributed by atoms with Gasteiger partial charge in [-0.15, -0.1) is 11.3 Å². The van der Waals surface area contributed by atoms with Crippen molar-refractivity contribution in [2.24, 2.45) is 16.8 Å². The number of amidine groups is 1. The summed E-state index contributed by atoms with van der Waals surface area (Å²) in [4.78, 5) is 45.3. The Morgan fingerprint density at radius 1 is 1.02 bits per heavy atom. The molecule has 2 amide bonds. The van der Waals surface area contributed by atoms with Crippen molar-refractivity contribution in [3.05, 3.63) is 88.9 Å². The Balaban J connectivity index is 1.55. The van der Waals surface area contributed by atoms with E-state index in [1.807, 2.05) is 30.3 Å². The zero-order valence-electron chi connectivity index (χ0n) is 27.1. The Hall–Kier alpha value is -4.86. The number of anilines is 1. The van der Waals surface area contributed by atoms with Crippen molar-refractivity contribution in [1.82, 2.24) is 15.0 Å². The molecule has 0 aliphatic heterocycles. The molecule has 0 bridgehead atoms. The summed E-state index contributed by atoms with van der Waals surface area (Å²) in [6.45, 7) is 8.06. The van der Waals surface area contributed by atoms with Gasteiger partial charge in [0.25, 0.3) is 0 Å². The molecule has 5 N–H and O–H groups in total. The Morgan fingerprint density at radius 3 is 2.46 bits per heavy atom. The van der Waals surface area contributed by atoms with Crippen molar-refractivity contribution >= 4 is 61.1 Å². The number of para-hydroxylation sites is 1. The number of nitrogens with zero attached hydrogens (tertiary/aromatic N) is 2. The molecule has 0 saturated carbocycles. The van der Waals surface area contributed by atoms with Crippen LogP contribution in [-0.2, 0) is 35.6 Å². The van der Waals surface area contributed by atoms with Crippen LogP contribution in [0.15, 0.2) is 82.8 Å².